The van der Waals surface area contributed by atoms with Crippen LogP contribution in [-0.4, -0.2) is 4.74 Å². The molecule has 0 amide bonds. The van der Waals surface area contributed by atoms with E-state index in [0.29, 0.717) is 0 Å². The van der Waals surface area contributed by atoms with Gasteiger partial charge in [0.05, 0.1) is 5.54 Å². The topological polar surface area (TPSA) is 35.1 Å². The summed E-state index contributed by atoms with van der Waals surface area (Å²) in [5.74, 6) is 0.734. The van der Waals surface area contributed by atoms with Gasteiger partial charge in [-0.25, -0.2) is 0 Å². The fraction of sp³-hybridized carbons (Fsp3) is 0.727. The number of hydrogen-bond donors (Lipinski definition) is 0. The minimum absolute atomic E-state index is 0.0672. The largest absolute Gasteiger partial charge is 0.380 e. The van der Waals surface area contributed by atoms with Crippen molar-refractivity contribution in [2.45, 2.75) is 52.5 Å². The van der Waals surface area contributed by atoms with Crippen LogP contribution in [0.5, 0.6) is 0 Å². The third-order valence-corrected chi connectivity index (χ3v) is 1.99. The smallest absolute Gasteiger partial charge is 0.283 e. The molecule has 14 heavy (non-hydrogen) atoms. The van der Waals surface area contributed by atoms with Crippen LogP contribution in [0, 0.1) is 0 Å². The van der Waals surface area contributed by atoms with Crippen LogP contribution in [0.15, 0.2) is 15.4 Å². The first-order valence-corrected chi connectivity index (χ1v) is 4.87. The number of hydrogen-bond acceptors (Lipinski definition) is 2. The Hall–Kier alpha value is -0.990. The van der Waals surface area contributed by atoms with Crippen molar-refractivity contribution >= 4 is 0 Å². The maximum absolute atomic E-state index is 11.6. The van der Waals surface area contributed by atoms with E-state index >= 15 is 0 Å². The summed E-state index contributed by atoms with van der Waals surface area (Å²) in [6, 6.07) is 1.57. The van der Waals surface area contributed by atoms with Crippen molar-refractivity contribution in [3.63, 3.8) is 0 Å². The monoisotopic (exact) mass is 197 g/mol. The van der Waals surface area contributed by atoms with E-state index in [1.54, 1.807) is 6.07 Å². The molecule has 80 valence electrons. The lowest BCUT2D eigenvalue weighted by atomic mass is 9.94. The Morgan fingerprint density at radius 2 is 1.64 bits per heavy atom. The molecule has 0 aliphatic carbocycles. The van der Waals surface area contributed by atoms with Crippen molar-refractivity contribution < 1.29 is 4.52 Å². The van der Waals surface area contributed by atoms with E-state index in [2.05, 4.69) is 0 Å². The highest BCUT2D eigenvalue weighted by Crippen LogP contribution is 2.22. The predicted octanol–water partition coefficient (Wildman–Crippen LogP) is 2.49. The molecule has 0 fully saturated rings. The maximum atomic E-state index is 11.6. The van der Waals surface area contributed by atoms with Gasteiger partial charge in [0.2, 0.25) is 0 Å². The summed E-state index contributed by atoms with van der Waals surface area (Å²) >= 11 is 0. The van der Waals surface area contributed by atoms with Crippen LogP contribution >= 0.6 is 0 Å². The number of aromatic nitrogens is 1. The maximum Gasteiger partial charge on any atom is 0.283 e. The lowest BCUT2D eigenvalue weighted by Crippen LogP contribution is -2.29. The zero-order valence-corrected chi connectivity index (χ0v) is 9.84. The van der Waals surface area contributed by atoms with Gasteiger partial charge in [-0.15, -0.1) is 0 Å². The highest BCUT2D eigenvalue weighted by molar-refractivity contribution is 5.07. The van der Waals surface area contributed by atoms with E-state index in [-0.39, 0.29) is 16.5 Å². The first-order valence-electron chi connectivity index (χ1n) is 4.87. The average Bonchev–Trinajstić information content (AvgIpc) is 2.27. The van der Waals surface area contributed by atoms with Crippen LogP contribution in [0.2, 0.25) is 0 Å². The second-order valence-corrected chi connectivity index (χ2v) is 5.65. The first-order chi connectivity index (χ1) is 6.12. The SMILES string of the molecule is CC(C)(C)c1cc(=O)n(C(C)(C)C)o1. The molecule has 0 saturated heterocycles. The zero-order chi connectivity index (χ0) is 11.1. The molecule has 3 heteroatoms. The summed E-state index contributed by atoms with van der Waals surface area (Å²) in [6.07, 6.45) is 0. The Morgan fingerprint density at radius 3 is 1.86 bits per heavy atom. The Balaban J connectivity index is 3.26. The van der Waals surface area contributed by atoms with Gasteiger partial charge in [-0.3, -0.25) is 4.79 Å². The van der Waals surface area contributed by atoms with E-state index in [1.807, 2.05) is 41.5 Å². The standard InChI is InChI=1S/C11H19NO2/c1-10(2,3)8-7-9(13)12(14-8)11(4,5)6/h7H,1-6H3. The summed E-state index contributed by atoms with van der Waals surface area (Å²) in [6.45, 7) is 11.9. The van der Waals surface area contributed by atoms with Crippen molar-refractivity contribution in [3.05, 3.63) is 22.2 Å². The van der Waals surface area contributed by atoms with Gasteiger partial charge < -0.3 is 4.52 Å². The molecule has 0 N–H and O–H groups in total. The Kier molecular flexibility index (Phi) is 2.38. The van der Waals surface area contributed by atoms with Crippen molar-refractivity contribution in [3.8, 4) is 0 Å². The molecule has 0 atom stereocenters. The number of nitrogens with zero attached hydrogens (tertiary/aromatic N) is 1. The summed E-state index contributed by atoms with van der Waals surface area (Å²) < 4.78 is 6.97. The molecular formula is C11H19NO2. The summed E-state index contributed by atoms with van der Waals surface area (Å²) in [5.41, 5.74) is -0.474. The molecule has 1 heterocycles. The van der Waals surface area contributed by atoms with Crippen molar-refractivity contribution in [2.24, 2.45) is 0 Å². The molecule has 1 aromatic rings. The van der Waals surface area contributed by atoms with E-state index in [0.717, 1.165) is 5.76 Å². The zero-order valence-electron chi connectivity index (χ0n) is 9.84. The molecule has 0 aromatic carbocycles. The molecule has 0 radical (unpaired) electrons. The molecule has 0 aliphatic rings. The number of rotatable bonds is 0. The second-order valence-electron chi connectivity index (χ2n) is 5.65. The van der Waals surface area contributed by atoms with Gasteiger partial charge in [0.1, 0.15) is 5.76 Å². The van der Waals surface area contributed by atoms with Crippen LogP contribution in [0.3, 0.4) is 0 Å². The van der Waals surface area contributed by atoms with Crippen LogP contribution in [0.25, 0.3) is 0 Å². The lowest BCUT2D eigenvalue weighted by molar-refractivity contribution is 0.136. The highest BCUT2D eigenvalue weighted by Gasteiger charge is 2.24. The summed E-state index contributed by atoms with van der Waals surface area (Å²) in [5, 5.41) is 0. The van der Waals surface area contributed by atoms with Crippen molar-refractivity contribution in [1.82, 2.24) is 4.74 Å². The fourth-order valence-electron chi connectivity index (χ4n) is 1.16. The Morgan fingerprint density at radius 1 is 1.14 bits per heavy atom. The molecular weight excluding hydrogens is 178 g/mol. The first kappa shape index (κ1) is 11.1. The van der Waals surface area contributed by atoms with Gasteiger partial charge in [-0.2, -0.15) is 4.74 Å². The Bertz CT molecular complexity index is 371. The molecule has 0 aliphatic heterocycles. The summed E-state index contributed by atoms with van der Waals surface area (Å²) in [4.78, 5) is 11.6. The van der Waals surface area contributed by atoms with E-state index in [4.69, 9.17) is 4.52 Å². The third kappa shape index (κ3) is 2.08. The van der Waals surface area contributed by atoms with Gasteiger partial charge in [-0.05, 0) is 20.8 Å². The lowest BCUT2D eigenvalue weighted by Gasteiger charge is -2.19. The molecule has 0 bridgehead atoms. The van der Waals surface area contributed by atoms with E-state index in [9.17, 15) is 4.79 Å². The molecule has 3 nitrogen and oxygen atoms in total. The fourth-order valence-corrected chi connectivity index (χ4v) is 1.16. The molecule has 0 spiro atoms. The minimum Gasteiger partial charge on any atom is -0.380 e. The van der Waals surface area contributed by atoms with Crippen molar-refractivity contribution in [1.29, 1.82) is 0 Å². The van der Waals surface area contributed by atoms with Gasteiger partial charge in [0, 0.05) is 11.5 Å². The molecule has 1 aromatic heterocycles. The minimum atomic E-state index is -0.291. The molecule has 0 unspecified atom stereocenters. The van der Waals surface area contributed by atoms with Crippen LogP contribution in [-0.2, 0) is 11.0 Å². The van der Waals surface area contributed by atoms with E-state index in [1.165, 1.54) is 4.74 Å². The quantitative estimate of drug-likeness (QED) is 0.640. The van der Waals surface area contributed by atoms with Crippen LogP contribution < -0.4 is 5.56 Å². The second kappa shape index (κ2) is 3.01. The molecule has 0 saturated carbocycles. The normalized spacial score (nSPS) is 13.3. The highest BCUT2D eigenvalue weighted by atomic mass is 16.5. The predicted molar refractivity (Wildman–Crippen MR) is 56.7 cm³/mol. The summed E-state index contributed by atoms with van der Waals surface area (Å²) in [7, 11) is 0. The van der Waals surface area contributed by atoms with Gasteiger partial charge >= 0.3 is 0 Å². The van der Waals surface area contributed by atoms with Crippen LogP contribution in [0.1, 0.15) is 47.3 Å². The average molecular weight is 197 g/mol. The van der Waals surface area contributed by atoms with Gasteiger partial charge in [0.25, 0.3) is 5.56 Å². The Labute approximate surface area is 84.7 Å². The third-order valence-electron chi connectivity index (χ3n) is 1.99. The van der Waals surface area contributed by atoms with E-state index < -0.39 is 0 Å². The van der Waals surface area contributed by atoms with Crippen LogP contribution in [0.4, 0.5) is 0 Å². The van der Waals surface area contributed by atoms with Crippen molar-refractivity contribution in [2.75, 3.05) is 0 Å². The van der Waals surface area contributed by atoms with Gasteiger partial charge in [-0.1, -0.05) is 20.8 Å². The molecule has 1 rings (SSSR count). The van der Waals surface area contributed by atoms with Gasteiger partial charge in [0.15, 0.2) is 0 Å².